The number of benzene rings is 1. The van der Waals surface area contributed by atoms with Gasteiger partial charge in [0.2, 0.25) is 0 Å². The zero-order valence-electron chi connectivity index (χ0n) is 10.1. The zero-order valence-corrected chi connectivity index (χ0v) is 12.5. The maximum absolute atomic E-state index is 13.3. The molecule has 0 atom stereocenters. The van der Waals surface area contributed by atoms with E-state index in [0.717, 1.165) is 9.35 Å². The van der Waals surface area contributed by atoms with E-state index in [0.29, 0.717) is 23.6 Å². The van der Waals surface area contributed by atoms with Gasteiger partial charge in [-0.05, 0) is 46.4 Å². The van der Waals surface area contributed by atoms with E-state index in [1.54, 1.807) is 18.3 Å². The molecule has 0 aliphatic heterocycles. The minimum Gasteiger partial charge on any atom is -0.487 e. The standard InChI is InChI=1S/C13H11BrFNO2S/c1-8(16-17)10-3-2-9(15)6-12(10)18-7-13-11(14)4-5-19-13/h2-6,17H,7H2,1H3. The van der Waals surface area contributed by atoms with Crippen molar-refractivity contribution in [3.8, 4) is 5.75 Å². The minimum absolute atomic E-state index is 0.327. The van der Waals surface area contributed by atoms with Crippen molar-refractivity contribution in [2.45, 2.75) is 13.5 Å². The summed E-state index contributed by atoms with van der Waals surface area (Å²) in [4.78, 5) is 1.01. The molecule has 3 nitrogen and oxygen atoms in total. The Labute approximate surface area is 122 Å². The molecule has 0 fully saturated rings. The van der Waals surface area contributed by atoms with Crippen molar-refractivity contribution in [2.24, 2.45) is 5.16 Å². The Balaban J connectivity index is 2.24. The molecule has 19 heavy (non-hydrogen) atoms. The molecule has 1 aromatic carbocycles. The van der Waals surface area contributed by atoms with Crippen molar-refractivity contribution < 1.29 is 14.3 Å². The first-order chi connectivity index (χ1) is 9.11. The lowest BCUT2D eigenvalue weighted by molar-refractivity contribution is 0.304. The van der Waals surface area contributed by atoms with E-state index < -0.39 is 5.82 Å². The molecule has 1 aromatic heterocycles. The van der Waals surface area contributed by atoms with Gasteiger partial charge in [0.15, 0.2) is 0 Å². The number of hydrogen-bond donors (Lipinski definition) is 1. The van der Waals surface area contributed by atoms with E-state index in [1.165, 1.54) is 18.2 Å². The highest BCUT2D eigenvalue weighted by molar-refractivity contribution is 9.10. The van der Waals surface area contributed by atoms with Crippen LogP contribution in [0.5, 0.6) is 5.75 Å². The number of nitrogens with zero attached hydrogens (tertiary/aromatic N) is 1. The summed E-state index contributed by atoms with van der Waals surface area (Å²) in [5, 5.41) is 13.9. The third-order valence-corrected chi connectivity index (χ3v) is 4.43. The number of halogens is 2. The lowest BCUT2D eigenvalue weighted by Gasteiger charge is -2.10. The third kappa shape index (κ3) is 3.33. The van der Waals surface area contributed by atoms with Crippen molar-refractivity contribution in [2.75, 3.05) is 0 Å². The van der Waals surface area contributed by atoms with Crippen molar-refractivity contribution in [1.82, 2.24) is 0 Å². The van der Waals surface area contributed by atoms with Crippen LogP contribution in [0.4, 0.5) is 4.39 Å². The number of hydrogen-bond acceptors (Lipinski definition) is 4. The normalized spacial score (nSPS) is 11.6. The maximum atomic E-state index is 13.3. The Kier molecular flexibility index (Phi) is 4.55. The molecule has 0 radical (unpaired) electrons. The monoisotopic (exact) mass is 343 g/mol. The van der Waals surface area contributed by atoms with Crippen LogP contribution in [0.25, 0.3) is 0 Å². The Morgan fingerprint density at radius 1 is 1.47 bits per heavy atom. The van der Waals surface area contributed by atoms with E-state index in [-0.39, 0.29) is 0 Å². The van der Waals surface area contributed by atoms with Gasteiger partial charge in [-0.15, -0.1) is 11.3 Å². The van der Waals surface area contributed by atoms with Gasteiger partial charge in [0.05, 0.1) is 10.6 Å². The Bertz CT molecular complexity index is 612. The summed E-state index contributed by atoms with van der Waals surface area (Å²) in [6.07, 6.45) is 0. The second kappa shape index (κ2) is 6.16. The van der Waals surface area contributed by atoms with Crippen LogP contribution in [0.2, 0.25) is 0 Å². The highest BCUT2D eigenvalue weighted by atomic mass is 79.9. The SMILES string of the molecule is CC(=NO)c1ccc(F)cc1OCc1sccc1Br. The van der Waals surface area contributed by atoms with Crippen LogP contribution in [0.3, 0.4) is 0 Å². The number of rotatable bonds is 4. The molecule has 100 valence electrons. The Morgan fingerprint density at radius 3 is 2.89 bits per heavy atom. The summed E-state index contributed by atoms with van der Waals surface area (Å²) >= 11 is 4.96. The molecule has 0 saturated heterocycles. The van der Waals surface area contributed by atoms with Crippen LogP contribution in [0.1, 0.15) is 17.4 Å². The molecule has 0 spiro atoms. The third-order valence-electron chi connectivity index (χ3n) is 2.53. The van der Waals surface area contributed by atoms with Gasteiger partial charge in [0.1, 0.15) is 18.2 Å². The zero-order chi connectivity index (χ0) is 13.8. The highest BCUT2D eigenvalue weighted by Gasteiger charge is 2.10. The van der Waals surface area contributed by atoms with Gasteiger partial charge in [0.25, 0.3) is 0 Å². The summed E-state index contributed by atoms with van der Waals surface area (Å²) in [7, 11) is 0. The van der Waals surface area contributed by atoms with Crippen molar-refractivity contribution >= 4 is 33.0 Å². The van der Waals surface area contributed by atoms with E-state index in [4.69, 9.17) is 9.94 Å². The lowest BCUT2D eigenvalue weighted by atomic mass is 10.1. The number of thiophene rings is 1. The van der Waals surface area contributed by atoms with Crippen LogP contribution < -0.4 is 4.74 Å². The topological polar surface area (TPSA) is 41.8 Å². The number of oxime groups is 1. The van der Waals surface area contributed by atoms with Crippen LogP contribution in [-0.2, 0) is 6.61 Å². The Morgan fingerprint density at radius 2 is 2.26 bits per heavy atom. The van der Waals surface area contributed by atoms with E-state index >= 15 is 0 Å². The molecule has 0 aliphatic rings. The lowest BCUT2D eigenvalue weighted by Crippen LogP contribution is -2.02. The van der Waals surface area contributed by atoms with Gasteiger partial charge < -0.3 is 9.94 Å². The molecule has 0 aliphatic carbocycles. The Hall–Kier alpha value is -1.40. The van der Waals surface area contributed by atoms with Crippen molar-refractivity contribution in [3.63, 3.8) is 0 Å². The molecule has 2 rings (SSSR count). The second-order valence-corrected chi connectivity index (χ2v) is 5.66. The quantitative estimate of drug-likeness (QED) is 0.507. The smallest absolute Gasteiger partial charge is 0.131 e. The largest absolute Gasteiger partial charge is 0.487 e. The predicted octanol–water partition coefficient (Wildman–Crippen LogP) is 4.43. The molecule has 0 saturated carbocycles. The van der Waals surface area contributed by atoms with Gasteiger partial charge in [0, 0.05) is 16.1 Å². The molecule has 0 bridgehead atoms. The van der Waals surface area contributed by atoms with Gasteiger partial charge in [-0.1, -0.05) is 5.16 Å². The summed E-state index contributed by atoms with van der Waals surface area (Å²) in [6, 6.07) is 6.04. The molecule has 2 aromatic rings. The molecule has 6 heteroatoms. The average molecular weight is 344 g/mol. The summed E-state index contributed by atoms with van der Waals surface area (Å²) < 4.78 is 19.8. The van der Waals surface area contributed by atoms with Crippen LogP contribution >= 0.6 is 27.3 Å². The van der Waals surface area contributed by atoms with E-state index in [2.05, 4.69) is 21.1 Å². The van der Waals surface area contributed by atoms with E-state index in [9.17, 15) is 4.39 Å². The fourth-order valence-electron chi connectivity index (χ4n) is 1.54. The first-order valence-corrected chi connectivity index (χ1v) is 7.12. The predicted molar refractivity (Wildman–Crippen MR) is 76.7 cm³/mol. The van der Waals surface area contributed by atoms with Crippen LogP contribution in [0, 0.1) is 5.82 Å². The summed E-state index contributed by atoms with van der Waals surface area (Å²) in [6.45, 7) is 1.95. The highest BCUT2D eigenvalue weighted by Crippen LogP contribution is 2.26. The maximum Gasteiger partial charge on any atom is 0.131 e. The summed E-state index contributed by atoms with van der Waals surface area (Å²) in [5.41, 5.74) is 0.942. The van der Waals surface area contributed by atoms with Crippen molar-refractivity contribution in [1.29, 1.82) is 0 Å². The summed E-state index contributed by atoms with van der Waals surface area (Å²) in [5.74, 6) is -0.0367. The fraction of sp³-hybridized carbons (Fsp3) is 0.154. The fourth-order valence-corrected chi connectivity index (χ4v) is 2.92. The first kappa shape index (κ1) is 14.0. The van der Waals surface area contributed by atoms with Gasteiger partial charge in [-0.2, -0.15) is 0 Å². The second-order valence-electron chi connectivity index (χ2n) is 3.81. The molecule has 1 heterocycles. The molecule has 0 amide bonds. The van der Waals surface area contributed by atoms with Crippen molar-refractivity contribution in [3.05, 3.63) is 50.4 Å². The van der Waals surface area contributed by atoms with Crippen LogP contribution in [-0.4, -0.2) is 10.9 Å². The van der Waals surface area contributed by atoms with Gasteiger partial charge in [-0.25, -0.2) is 4.39 Å². The first-order valence-electron chi connectivity index (χ1n) is 5.45. The molecule has 1 N–H and O–H groups in total. The van der Waals surface area contributed by atoms with Gasteiger partial charge in [-0.3, -0.25) is 0 Å². The number of ether oxygens (including phenoxy) is 1. The minimum atomic E-state index is -0.394. The molecular formula is C13H11BrFNO2S. The van der Waals surface area contributed by atoms with E-state index in [1.807, 2.05) is 11.4 Å². The molecular weight excluding hydrogens is 333 g/mol. The van der Waals surface area contributed by atoms with Crippen LogP contribution in [0.15, 0.2) is 39.3 Å². The average Bonchev–Trinajstić information content (AvgIpc) is 2.81. The van der Waals surface area contributed by atoms with Gasteiger partial charge >= 0.3 is 0 Å². The molecule has 0 unspecified atom stereocenters.